The van der Waals surface area contributed by atoms with Gasteiger partial charge in [-0.25, -0.2) is 0 Å². The molecule has 4 heteroatoms. The van der Waals surface area contributed by atoms with Crippen LogP contribution in [0.15, 0.2) is 18.2 Å². The summed E-state index contributed by atoms with van der Waals surface area (Å²) in [5, 5.41) is 2.78. The van der Waals surface area contributed by atoms with E-state index in [4.69, 9.17) is 0 Å². The van der Waals surface area contributed by atoms with Crippen molar-refractivity contribution in [1.82, 2.24) is 4.90 Å². The van der Waals surface area contributed by atoms with Gasteiger partial charge in [-0.15, -0.1) is 0 Å². The number of nitrogens with one attached hydrogen (secondary N) is 1. The lowest BCUT2D eigenvalue weighted by molar-refractivity contribution is -0.115. The third-order valence-corrected chi connectivity index (χ3v) is 3.57. The highest BCUT2D eigenvalue weighted by atomic mass is 16.2. The molecule has 2 aliphatic rings. The van der Waals surface area contributed by atoms with Crippen molar-refractivity contribution >= 4 is 17.5 Å². The molecule has 1 saturated carbocycles. The lowest BCUT2D eigenvalue weighted by Gasteiger charge is -2.20. The number of hydrogen-bond acceptors (Lipinski definition) is 2. The Balaban J connectivity index is 1.86. The average Bonchev–Trinajstić information content (AvgIpc) is 3.10. The Morgan fingerprint density at radius 1 is 1.44 bits per heavy atom. The Morgan fingerprint density at radius 3 is 2.89 bits per heavy atom. The summed E-state index contributed by atoms with van der Waals surface area (Å²) >= 11 is 0. The molecular formula is C14H16N2O2. The maximum absolute atomic E-state index is 12.4. The Bertz CT molecular complexity index is 521. The van der Waals surface area contributed by atoms with Crippen molar-refractivity contribution in [2.24, 2.45) is 0 Å². The van der Waals surface area contributed by atoms with Gasteiger partial charge in [0.1, 0.15) is 0 Å². The van der Waals surface area contributed by atoms with Crippen molar-refractivity contribution in [2.45, 2.75) is 32.2 Å². The molecule has 0 bridgehead atoms. The summed E-state index contributed by atoms with van der Waals surface area (Å²) < 4.78 is 0. The fraction of sp³-hybridized carbons (Fsp3) is 0.429. The number of hydrogen-bond donors (Lipinski definition) is 1. The molecule has 1 fully saturated rings. The molecule has 1 N–H and O–H groups in total. The van der Waals surface area contributed by atoms with E-state index in [1.165, 1.54) is 0 Å². The first kappa shape index (κ1) is 11.3. The van der Waals surface area contributed by atoms with E-state index >= 15 is 0 Å². The van der Waals surface area contributed by atoms with Gasteiger partial charge in [-0.2, -0.15) is 0 Å². The third-order valence-electron chi connectivity index (χ3n) is 3.57. The molecule has 1 aliphatic carbocycles. The van der Waals surface area contributed by atoms with Crippen LogP contribution in [0, 0.1) is 0 Å². The van der Waals surface area contributed by atoms with Crippen molar-refractivity contribution in [3.63, 3.8) is 0 Å². The molecule has 3 rings (SSSR count). The van der Waals surface area contributed by atoms with E-state index in [1.54, 1.807) is 6.07 Å². The SMILES string of the molecule is CCN(C(=O)c1ccc2c(c1)CC(=O)N2)C1CC1. The monoisotopic (exact) mass is 244 g/mol. The Hall–Kier alpha value is -1.84. The zero-order valence-corrected chi connectivity index (χ0v) is 10.4. The second-order valence-corrected chi connectivity index (χ2v) is 4.92. The largest absolute Gasteiger partial charge is 0.336 e. The highest BCUT2D eigenvalue weighted by molar-refractivity contribution is 6.01. The fourth-order valence-corrected chi connectivity index (χ4v) is 2.48. The fourth-order valence-electron chi connectivity index (χ4n) is 2.48. The van der Waals surface area contributed by atoms with E-state index in [9.17, 15) is 9.59 Å². The molecule has 0 saturated heterocycles. The molecule has 0 spiro atoms. The second-order valence-electron chi connectivity index (χ2n) is 4.92. The van der Waals surface area contributed by atoms with E-state index in [-0.39, 0.29) is 11.8 Å². The highest BCUT2D eigenvalue weighted by Gasteiger charge is 2.32. The summed E-state index contributed by atoms with van der Waals surface area (Å²) in [6.07, 6.45) is 2.61. The van der Waals surface area contributed by atoms with Gasteiger partial charge < -0.3 is 10.2 Å². The third kappa shape index (κ3) is 1.88. The molecule has 94 valence electrons. The predicted octanol–water partition coefficient (Wildman–Crippen LogP) is 1.81. The van der Waals surface area contributed by atoms with Gasteiger partial charge in [0.05, 0.1) is 6.42 Å². The van der Waals surface area contributed by atoms with Gasteiger partial charge in [-0.3, -0.25) is 9.59 Å². The van der Waals surface area contributed by atoms with Crippen LogP contribution in [0.2, 0.25) is 0 Å². The highest BCUT2D eigenvalue weighted by Crippen LogP contribution is 2.29. The summed E-state index contributed by atoms with van der Waals surface area (Å²) in [4.78, 5) is 25.6. The topological polar surface area (TPSA) is 49.4 Å². The van der Waals surface area contributed by atoms with E-state index in [0.717, 1.165) is 30.6 Å². The molecule has 1 aliphatic heterocycles. The quantitative estimate of drug-likeness (QED) is 0.881. The van der Waals surface area contributed by atoms with Gasteiger partial charge in [0, 0.05) is 23.8 Å². The molecule has 0 radical (unpaired) electrons. The lowest BCUT2D eigenvalue weighted by Crippen LogP contribution is -2.32. The lowest BCUT2D eigenvalue weighted by atomic mass is 10.1. The number of carbonyl (C=O) groups is 2. The van der Waals surface area contributed by atoms with Crippen molar-refractivity contribution in [3.8, 4) is 0 Å². The molecule has 4 nitrogen and oxygen atoms in total. The summed E-state index contributed by atoms with van der Waals surface area (Å²) in [6, 6.07) is 5.91. The van der Waals surface area contributed by atoms with Crippen LogP contribution >= 0.6 is 0 Å². The molecular weight excluding hydrogens is 228 g/mol. The van der Waals surface area contributed by atoms with Crippen LogP contribution in [0.25, 0.3) is 0 Å². The van der Waals surface area contributed by atoms with Crippen LogP contribution < -0.4 is 5.32 Å². The predicted molar refractivity (Wildman–Crippen MR) is 68.5 cm³/mol. The number of carbonyl (C=O) groups excluding carboxylic acids is 2. The van der Waals surface area contributed by atoms with Gasteiger partial charge in [0.25, 0.3) is 5.91 Å². The molecule has 0 atom stereocenters. The number of fused-ring (bicyclic) bond motifs is 1. The average molecular weight is 244 g/mol. The maximum atomic E-state index is 12.4. The van der Waals surface area contributed by atoms with Gasteiger partial charge in [0.2, 0.25) is 5.91 Å². The van der Waals surface area contributed by atoms with E-state index in [2.05, 4.69) is 5.32 Å². The van der Waals surface area contributed by atoms with Gasteiger partial charge in [-0.1, -0.05) is 0 Å². The van der Waals surface area contributed by atoms with Gasteiger partial charge in [-0.05, 0) is 43.5 Å². The normalized spacial score (nSPS) is 17.3. The zero-order valence-electron chi connectivity index (χ0n) is 10.4. The Kier molecular flexibility index (Phi) is 2.58. The second kappa shape index (κ2) is 4.12. The maximum Gasteiger partial charge on any atom is 0.254 e. The van der Waals surface area contributed by atoms with Crippen molar-refractivity contribution in [2.75, 3.05) is 11.9 Å². The van der Waals surface area contributed by atoms with E-state index in [0.29, 0.717) is 18.0 Å². The van der Waals surface area contributed by atoms with Gasteiger partial charge in [0.15, 0.2) is 0 Å². The summed E-state index contributed by atoms with van der Waals surface area (Å²) in [7, 11) is 0. The standard InChI is InChI=1S/C14H16N2O2/c1-2-16(11-4-5-11)14(18)9-3-6-12-10(7-9)8-13(17)15-12/h3,6-7,11H,2,4-5,8H2,1H3,(H,15,17). The van der Waals surface area contributed by atoms with Crippen molar-refractivity contribution < 1.29 is 9.59 Å². The Labute approximate surface area is 106 Å². The van der Waals surface area contributed by atoms with Crippen molar-refractivity contribution in [3.05, 3.63) is 29.3 Å². The zero-order chi connectivity index (χ0) is 12.7. The van der Waals surface area contributed by atoms with Crippen LogP contribution in [-0.4, -0.2) is 29.3 Å². The molecule has 1 aromatic carbocycles. The molecule has 2 amide bonds. The molecule has 18 heavy (non-hydrogen) atoms. The van der Waals surface area contributed by atoms with E-state index in [1.807, 2.05) is 24.0 Å². The minimum absolute atomic E-state index is 0.00383. The van der Waals surface area contributed by atoms with Gasteiger partial charge >= 0.3 is 0 Å². The molecule has 1 heterocycles. The minimum atomic E-state index is 0.00383. The van der Waals surface area contributed by atoms with Crippen LogP contribution in [-0.2, 0) is 11.2 Å². The van der Waals surface area contributed by atoms with E-state index < -0.39 is 0 Å². The minimum Gasteiger partial charge on any atom is -0.336 e. The smallest absolute Gasteiger partial charge is 0.254 e. The van der Waals surface area contributed by atoms with Crippen LogP contribution in [0.4, 0.5) is 5.69 Å². The number of nitrogens with zero attached hydrogens (tertiary/aromatic N) is 1. The van der Waals surface area contributed by atoms with Crippen LogP contribution in [0.3, 0.4) is 0 Å². The first-order valence-electron chi connectivity index (χ1n) is 6.43. The molecule has 0 unspecified atom stereocenters. The molecule has 1 aromatic rings. The number of rotatable bonds is 3. The first-order valence-corrected chi connectivity index (χ1v) is 6.43. The number of benzene rings is 1. The molecule has 0 aromatic heterocycles. The Morgan fingerprint density at radius 2 is 2.22 bits per heavy atom. The number of amides is 2. The van der Waals surface area contributed by atoms with Crippen molar-refractivity contribution in [1.29, 1.82) is 0 Å². The summed E-state index contributed by atoms with van der Waals surface area (Å²) in [6.45, 7) is 2.76. The first-order chi connectivity index (χ1) is 8.69. The van der Waals surface area contributed by atoms with Crippen LogP contribution in [0.1, 0.15) is 35.7 Å². The van der Waals surface area contributed by atoms with Crippen LogP contribution in [0.5, 0.6) is 0 Å². The summed E-state index contributed by atoms with van der Waals surface area (Å²) in [5.41, 5.74) is 2.46. The summed E-state index contributed by atoms with van der Waals surface area (Å²) in [5.74, 6) is 0.0892. The number of anilines is 1.